The number of piperidine rings is 1. The monoisotopic (exact) mass is 305 g/mol. The van der Waals surface area contributed by atoms with Crippen molar-refractivity contribution in [2.75, 3.05) is 5.32 Å². The van der Waals surface area contributed by atoms with Crippen LogP contribution in [0.2, 0.25) is 0 Å². The van der Waals surface area contributed by atoms with Crippen LogP contribution in [0.15, 0.2) is 24.3 Å². The summed E-state index contributed by atoms with van der Waals surface area (Å²) < 4.78 is 0. The molecule has 1 aliphatic heterocycles. The Kier molecular flexibility index (Phi) is 4.75. The smallest absolute Gasteiger partial charge is 0.314 e. The maximum atomic E-state index is 12.3. The van der Waals surface area contributed by atoms with Crippen LogP contribution in [0, 0.1) is 10.1 Å². The Morgan fingerprint density at radius 3 is 2.41 bits per heavy atom. The van der Waals surface area contributed by atoms with Crippen LogP contribution in [0.3, 0.4) is 0 Å². The zero-order valence-electron chi connectivity index (χ0n) is 12.6. The van der Waals surface area contributed by atoms with E-state index >= 15 is 0 Å². The Morgan fingerprint density at radius 2 is 1.82 bits per heavy atom. The molecule has 2 rings (SSSR count). The molecule has 2 atom stereocenters. The van der Waals surface area contributed by atoms with Gasteiger partial charge in [-0.3, -0.25) is 19.7 Å². The normalized spacial score (nSPS) is 21.3. The van der Waals surface area contributed by atoms with E-state index in [4.69, 9.17) is 0 Å². The molecule has 0 aromatic heterocycles. The molecule has 0 spiro atoms. The molecule has 1 N–H and O–H groups in total. The molecular formula is C15H19N3O4. The lowest BCUT2D eigenvalue weighted by molar-refractivity contribution is -0.383. The molecule has 1 aromatic rings. The van der Waals surface area contributed by atoms with Crippen LogP contribution in [-0.4, -0.2) is 33.7 Å². The second-order valence-corrected chi connectivity index (χ2v) is 5.57. The van der Waals surface area contributed by atoms with E-state index in [0.29, 0.717) is 0 Å². The SMILES string of the molecule is CC1CCCC(C)N1C(=O)C(=O)Nc1ccccc1[N+](=O)[O-]. The van der Waals surface area contributed by atoms with Gasteiger partial charge in [-0.1, -0.05) is 12.1 Å². The van der Waals surface area contributed by atoms with Gasteiger partial charge in [-0.05, 0) is 39.2 Å². The largest absolute Gasteiger partial charge is 0.329 e. The van der Waals surface area contributed by atoms with Crippen molar-refractivity contribution >= 4 is 23.2 Å². The minimum Gasteiger partial charge on any atom is -0.329 e. The van der Waals surface area contributed by atoms with Crippen LogP contribution in [0.5, 0.6) is 0 Å². The highest BCUT2D eigenvalue weighted by molar-refractivity contribution is 6.39. The standard InChI is InChI=1S/C15H19N3O4/c1-10-6-5-7-11(2)17(10)15(20)14(19)16-12-8-3-4-9-13(12)18(21)22/h3-4,8-11H,5-7H2,1-2H3,(H,16,19). The van der Waals surface area contributed by atoms with Gasteiger partial charge in [0.2, 0.25) is 0 Å². The second-order valence-electron chi connectivity index (χ2n) is 5.57. The summed E-state index contributed by atoms with van der Waals surface area (Å²) in [5.41, 5.74) is -0.202. The number of rotatable bonds is 2. The molecule has 1 aromatic carbocycles. The van der Waals surface area contributed by atoms with Gasteiger partial charge < -0.3 is 10.2 Å². The first-order chi connectivity index (χ1) is 10.4. The molecule has 1 heterocycles. The number of carbonyl (C=O) groups is 2. The summed E-state index contributed by atoms with van der Waals surface area (Å²) >= 11 is 0. The topological polar surface area (TPSA) is 92.6 Å². The van der Waals surface area contributed by atoms with Crippen LogP contribution in [0.25, 0.3) is 0 Å². The third-order valence-electron chi connectivity index (χ3n) is 3.97. The van der Waals surface area contributed by atoms with Gasteiger partial charge >= 0.3 is 11.8 Å². The highest BCUT2D eigenvalue weighted by Crippen LogP contribution is 2.25. The van der Waals surface area contributed by atoms with Gasteiger partial charge in [0, 0.05) is 18.2 Å². The Labute approximate surface area is 128 Å². The summed E-state index contributed by atoms with van der Waals surface area (Å²) in [6.45, 7) is 3.82. The van der Waals surface area contributed by atoms with Crippen LogP contribution in [-0.2, 0) is 9.59 Å². The van der Waals surface area contributed by atoms with Gasteiger partial charge in [0.25, 0.3) is 5.69 Å². The van der Waals surface area contributed by atoms with E-state index < -0.39 is 16.7 Å². The van der Waals surface area contributed by atoms with E-state index in [1.807, 2.05) is 13.8 Å². The minimum atomic E-state index is -0.838. The lowest BCUT2D eigenvalue weighted by Gasteiger charge is -2.38. The van der Waals surface area contributed by atoms with E-state index in [9.17, 15) is 19.7 Å². The van der Waals surface area contributed by atoms with Crippen molar-refractivity contribution in [2.24, 2.45) is 0 Å². The van der Waals surface area contributed by atoms with Gasteiger partial charge in [0.15, 0.2) is 0 Å². The number of nitro benzene ring substituents is 1. The van der Waals surface area contributed by atoms with Crippen LogP contribution in [0.4, 0.5) is 11.4 Å². The van der Waals surface area contributed by atoms with Crippen molar-refractivity contribution in [3.05, 3.63) is 34.4 Å². The summed E-state index contributed by atoms with van der Waals surface area (Å²) in [6, 6.07) is 5.75. The molecule has 0 radical (unpaired) electrons. The van der Waals surface area contributed by atoms with E-state index in [-0.39, 0.29) is 23.5 Å². The quantitative estimate of drug-likeness (QED) is 0.515. The van der Waals surface area contributed by atoms with Crippen LogP contribution < -0.4 is 5.32 Å². The Bertz CT molecular complexity index is 592. The number of likely N-dealkylation sites (tertiary alicyclic amines) is 1. The van der Waals surface area contributed by atoms with E-state index in [2.05, 4.69) is 5.32 Å². The highest BCUT2D eigenvalue weighted by atomic mass is 16.6. The molecule has 22 heavy (non-hydrogen) atoms. The molecule has 0 aliphatic carbocycles. The molecule has 0 saturated carbocycles. The van der Waals surface area contributed by atoms with Gasteiger partial charge in [0.05, 0.1) is 4.92 Å². The number of amides is 2. The Morgan fingerprint density at radius 1 is 1.23 bits per heavy atom. The van der Waals surface area contributed by atoms with Gasteiger partial charge in [0.1, 0.15) is 5.69 Å². The highest BCUT2D eigenvalue weighted by Gasteiger charge is 2.33. The van der Waals surface area contributed by atoms with E-state index in [1.54, 1.807) is 11.0 Å². The number of nitrogens with one attached hydrogen (secondary N) is 1. The molecule has 118 valence electrons. The molecule has 2 unspecified atom stereocenters. The molecule has 0 bridgehead atoms. The van der Waals surface area contributed by atoms with Gasteiger partial charge in [-0.25, -0.2) is 0 Å². The lowest BCUT2D eigenvalue weighted by atomic mass is 9.97. The maximum absolute atomic E-state index is 12.3. The van der Waals surface area contributed by atoms with Crippen molar-refractivity contribution in [1.82, 2.24) is 4.90 Å². The van der Waals surface area contributed by atoms with Gasteiger partial charge in [-0.2, -0.15) is 0 Å². The number of carbonyl (C=O) groups excluding carboxylic acids is 2. The number of anilines is 1. The average molecular weight is 305 g/mol. The third-order valence-corrected chi connectivity index (χ3v) is 3.97. The van der Waals surface area contributed by atoms with Crippen LogP contribution >= 0.6 is 0 Å². The number of nitro groups is 1. The summed E-state index contributed by atoms with van der Waals surface area (Å²) in [7, 11) is 0. The zero-order valence-corrected chi connectivity index (χ0v) is 12.6. The van der Waals surface area contributed by atoms with E-state index in [1.165, 1.54) is 18.2 Å². The number of para-hydroxylation sites is 2. The molecule has 1 saturated heterocycles. The third kappa shape index (κ3) is 3.24. The fourth-order valence-corrected chi connectivity index (χ4v) is 2.85. The van der Waals surface area contributed by atoms with E-state index in [0.717, 1.165) is 19.3 Å². The predicted molar refractivity (Wildman–Crippen MR) is 81.3 cm³/mol. The second kappa shape index (κ2) is 6.55. The molecule has 7 heteroatoms. The average Bonchev–Trinajstić information content (AvgIpc) is 2.47. The maximum Gasteiger partial charge on any atom is 0.314 e. The lowest BCUT2D eigenvalue weighted by Crippen LogP contribution is -2.51. The minimum absolute atomic E-state index is 0.00670. The van der Waals surface area contributed by atoms with Crippen molar-refractivity contribution in [3.8, 4) is 0 Å². The van der Waals surface area contributed by atoms with Crippen molar-refractivity contribution in [2.45, 2.75) is 45.2 Å². The van der Waals surface area contributed by atoms with Crippen molar-refractivity contribution < 1.29 is 14.5 Å². The first-order valence-corrected chi connectivity index (χ1v) is 7.29. The summed E-state index contributed by atoms with van der Waals surface area (Å²) in [6.07, 6.45) is 2.74. The number of benzene rings is 1. The summed E-state index contributed by atoms with van der Waals surface area (Å²) in [5.74, 6) is -1.48. The van der Waals surface area contributed by atoms with Crippen LogP contribution in [0.1, 0.15) is 33.1 Å². The molecular weight excluding hydrogens is 286 g/mol. The molecule has 1 fully saturated rings. The summed E-state index contributed by atoms with van der Waals surface area (Å²) in [5, 5.41) is 13.3. The number of hydrogen-bond acceptors (Lipinski definition) is 4. The first-order valence-electron chi connectivity index (χ1n) is 7.29. The fourth-order valence-electron chi connectivity index (χ4n) is 2.85. The molecule has 1 aliphatic rings. The Hall–Kier alpha value is -2.44. The van der Waals surface area contributed by atoms with Crippen molar-refractivity contribution in [3.63, 3.8) is 0 Å². The number of nitrogens with zero attached hydrogens (tertiary/aromatic N) is 2. The first kappa shape index (κ1) is 15.9. The molecule has 7 nitrogen and oxygen atoms in total. The number of hydrogen-bond donors (Lipinski definition) is 1. The fraction of sp³-hybridized carbons (Fsp3) is 0.467. The molecule has 2 amide bonds. The Balaban J connectivity index is 2.15. The predicted octanol–water partition coefficient (Wildman–Crippen LogP) is 2.32. The summed E-state index contributed by atoms with van der Waals surface area (Å²) in [4.78, 5) is 36.4. The van der Waals surface area contributed by atoms with Gasteiger partial charge in [-0.15, -0.1) is 0 Å². The van der Waals surface area contributed by atoms with Crippen molar-refractivity contribution in [1.29, 1.82) is 0 Å². The zero-order chi connectivity index (χ0) is 16.3.